The van der Waals surface area contributed by atoms with Crippen molar-refractivity contribution in [1.82, 2.24) is 14.9 Å². The van der Waals surface area contributed by atoms with Crippen molar-refractivity contribution in [2.45, 2.75) is 26.9 Å². The molecule has 5 heteroatoms. The zero-order chi connectivity index (χ0) is 15.8. The quantitative estimate of drug-likeness (QED) is 0.851. The second kappa shape index (κ2) is 8.11. The molecule has 0 atom stereocenters. The van der Waals surface area contributed by atoms with Crippen LogP contribution >= 0.6 is 0 Å². The number of anilines is 1. The molecule has 0 bridgehead atoms. The van der Waals surface area contributed by atoms with E-state index >= 15 is 0 Å². The fraction of sp³-hybridized carbons (Fsp3) is 0.353. The molecule has 0 aliphatic heterocycles. The van der Waals surface area contributed by atoms with E-state index in [4.69, 9.17) is 5.26 Å². The molecule has 2 rings (SSSR count). The van der Waals surface area contributed by atoms with Gasteiger partial charge >= 0.3 is 0 Å². The fourth-order valence-electron chi connectivity index (χ4n) is 2.24. The van der Waals surface area contributed by atoms with Crippen LogP contribution in [0.25, 0.3) is 0 Å². The maximum Gasteiger partial charge on any atom is 0.158 e. The molecule has 22 heavy (non-hydrogen) atoms. The van der Waals surface area contributed by atoms with Crippen molar-refractivity contribution in [3.05, 3.63) is 53.5 Å². The Morgan fingerprint density at radius 2 is 1.82 bits per heavy atom. The summed E-state index contributed by atoms with van der Waals surface area (Å²) in [6, 6.07) is 10.4. The van der Waals surface area contributed by atoms with Crippen LogP contribution in [0.4, 0.5) is 5.82 Å². The maximum atomic E-state index is 8.73. The predicted molar refractivity (Wildman–Crippen MR) is 87.1 cm³/mol. The van der Waals surface area contributed by atoms with Gasteiger partial charge in [0, 0.05) is 13.1 Å². The minimum absolute atomic E-state index is 0.326. The number of nitriles is 1. The molecule has 2 aromatic rings. The maximum absolute atomic E-state index is 8.73. The molecule has 0 spiro atoms. The second-order valence-electron chi connectivity index (χ2n) is 4.98. The molecule has 5 nitrogen and oxygen atoms in total. The summed E-state index contributed by atoms with van der Waals surface area (Å²) in [6.45, 7) is 8.08. The van der Waals surface area contributed by atoms with E-state index in [9.17, 15) is 0 Å². The van der Waals surface area contributed by atoms with Gasteiger partial charge in [-0.05, 0) is 24.2 Å². The Morgan fingerprint density at radius 3 is 2.41 bits per heavy atom. The molecule has 0 radical (unpaired) electrons. The molecule has 1 aromatic carbocycles. The Kier molecular flexibility index (Phi) is 5.87. The number of aromatic nitrogens is 2. The highest BCUT2D eigenvalue weighted by Gasteiger charge is 2.06. The molecule has 1 heterocycles. The van der Waals surface area contributed by atoms with Gasteiger partial charge in [-0.15, -0.1) is 0 Å². The third-order valence-electron chi connectivity index (χ3n) is 3.63. The molecular formula is C17H21N5. The van der Waals surface area contributed by atoms with Crippen molar-refractivity contribution < 1.29 is 0 Å². The predicted octanol–water partition coefficient (Wildman–Crippen LogP) is 2.80. The second-order valence-corrected chi connectivity index (χ2v) is 4.98. The Morgan fingerprint density at radius 1 is 1.09 bits per heavy atom. The highest BCUT2D eigenvalue weighted by molar-refractivity contribution is 5.36. The summed E-state index contributed by atoms with van der Waals surface area (Å²) in [4.78, 5) is 10.6. The third kappa shape index (κ3) is 4.27. The van der Waals surface area contributed by atoms with Crippen molar-refractivity contribution in [1.29, 1.82) is 5.26 Å². The average molecular weight is 295 g/mol. The van der Waals surface area contributed by atoms with Gasteiger partial charge < -0.3 is 5.32 Å². The molecule has 0 aliphatic carbocycles. The normalized spacial score (nSPS) is 10.5. The van der Waals surface area contributed by atoms with Gasteiger partial charge in [0.05, 0.1) is 12.4 Å². The molecule has 1 N–H and O–H groups in total. The van der Waals surface area contributed by atoms with Crippen LogP contribution in [0.3, 0.4) is 0 Å². The van der Waals surface area contributed by atoms with E-state index < -0.39 is 0 Å². The number of hydrogen-bond donors (Lipinski definition) is 1. The summed E-state index contributed by atoms with van der Waals surface area (Å²) < 4.78 is 0. The Balaban J connectivity index is 2.04. The van der Waals surface area contributed by atoms with Gasteiger partial charge in [-0.3, -0.25) is 4.90 Å². The summed E-state index contributed by atoms with van der Waals surface area (Å²) in [5, 5.41) is 12.0. The standard InChI is InChI=1S/C17H21N5/c1-3-22(4-2)13-15-8-6-5-7-14(15)10-20-17-12-19-16(9-18)11-21-17/h5-8,11-12H,3-4,10,13H2,1-2H3,(H,20,21). The summed E-state index contributed by atoms with van der Waals surface area (Å²) in [5.74, 6) is 0.677. The number of nitrogens with one attached hydrogen (secondary N) is 1. The van der Waals surface area contributed by atoms with Gasteiger partial charge in [0.25, 0.3) is 0 Å². The van der Waals surface area contributed by atoms with E-state index in [1.54, 1.807) is 6.20 Å². The zero-order valence-corrected chi connectivity index (χ0v) is 13.1. The first-order valence-electron chi connectivity index (χ1n) is 7.52. The third-order valence-corrected chi connectivity index (χ3v) is 3.63. The van der Waals surface area contributed by atoms with E-state index in [-0.39, 0.29) is 0 Å². The fourth-order valence-corrected chi connectivity index (χ4v) is 2.24. The largest absolute Gasteiger partial charge is 0.365 e. The van der Waals surface area contributed by atoms with Crippen LogP contribution in [-0.2, 0) is 13.1 Å². The van der Waals surface area contributed by atoms with E-state index in [1.807, 2.05) is 12.1 Å². The van der Waals surface area contributed by atoms with E-state index in [0.717, 1.165) is 19.6 Å². The van der Waals surface area contributed by atoms with Crippen molar-refractivity contribution in [3.8, 4) is 6.07 Å². The van der Waals surface area contributed by atoms with Crippen LogP contribution < -0.4 is 5.32 Å². The summed E-state index contributed by atoms with van der Waals surface area (Å²) in [5.41, 5.74) is 2.90. The first-order valence-corrected chi connectivity index (χ1v) is 7.52. The van der Waals surface area contributed by atoms with Crippen LogP contribution in [0.2, 0.25) is 0 Å². The molecular weight excluding hydrogens is 274 g/mol. The highest BCUT2D eigenvalue weighted by Crippen LogP contribution is 2.13. The number of nitrogens with zero attached hydrogens (tertiary/aromatic N) is 4. The lowest BCUT2D eigenvalue weighted by Gasteiger charge is -2.20. The summed E-state index contributed by atoms with van der Waals surface area (Å²) in [6.07, 6.45) is 3.07. The van der Waals surface area contributed by atoms with Crippen LogP contribution in [0.1, 0.15) is 30.7 Å². The van der Waals surface area contributed by atoms with Gasteiger partial charge in [-0.2, -0.15) is 5.26 Å². The average Bonchev–Trinajstić information content (AvgIpc) is 2.59. The first kappa shape index (κ1) is 15.9. The van der Waals surface area contributed by atoms with E-state index in [1.165, 1.54) is 17.3 Å². The molecule has 0 fully saturated rings. The lowest BCUT2D eigenvalue weighted by atomic mass is 10.1. The summed E-state index contributed by atoms with van der Waals surface area (Å²) in [7, 11) is 0. The molecule has 0 amide bonds. The van der Waals surface area contributed by atoms with Gasteiger partial charge in [0.15, 0.2) is 5.69 Å². The molecule has 114 valence electrons. The van der Waals surface area contributed by atoms with Gasteiger partial charge in [-0.25, -0.2) is 9.97 Å². The van der Waals surface area contributed by atoms with Gasteiger partial charge in [-0.1, -0.05) is 38.1 Å². The van der Waals surface area contributed by atoms with Crippen LogP contribution in [0.5, 0.6) is 0 Å². The SMILES string of the molecule is CCN(CC)Cc1ccccc1CNc1cnc(C#N)cn1. The molecule has 0 saturated heterocycles. The first-order chi connectivity index (χ1) is 10.8. The topological polar surface area (TPSA) is 64.8 Å². The van der Waals surface area contributed by atoms with Crippen LogP contribution in [0.15, 0.2) is 36.7 Å². The lowest BCUT2D eigenvalue weighted by molar-refractivity contribution is 0.295. The van der Waals surface area contributed by atoms with Crippen LogP contribution in [-0.4, -0.2) is 28.0 Å². The number of rotatable bonds is 7. The van der Waals surface area contributed by atoms with E-state index in [2.05, 4.69) is 52.2 Å². The van der Waals surface area contributed by atoms with Crippen molar-refractivity contribution in [3.63, 3.8) is 0 Å². The highest BCUT2D eigenvalue weighted by atomic mass is 15.1. The number of hydrogen-bond acceptors (Lipinski definition) is 5. The van der Waals surface area contributed by atoms with Crippen LogP contribution in [0, 0.1) is 11.3 Å². The number of benzene rings is 1. The lowest BCUT2D eigenvalue weighted by Crippen LogP contribution is -2.23. The minimum atomic E-state index is 0.326. The Labute approximate surface area is 131 Å². The zero-order valence-electron chi connectivity index (χ0n) is 13.1. The van der Waals surface area contributed by atoms with Crippen molar-refractivity contribution >= 4 is 5.82 Å². The molecule has 0 aliphatic rings. The van der Waals surface area contributed by atoms with Crippen molar-refractivity contribution in [2.75, 3.05) is 18.4 Å². The van der Waals surface area contributed by atoms with Crippen molar-refractivity contribution in [2.24, 2.45) is 0 Å². The van der Waals surface area contributed by atoms with Gasteiger partial charge in [0.1, 0.15) is 11.9 Å². The summed E-state index contributed by atoms with van der Waals surface area (Å²) >= 11 is 0. The molecule has 0 saturated carbocycles. The smallest absolute Gasteiger partial charge is 0.158 e. The van der Waals surface area contributed by atoms with E-state index in [0.29, 0.717) is 18.1 Å². The Bertz CT molecular complexity index is 626. The van der Waals surface area contributed by atoms with Gasteiger partial charge in [0.2, 0.25) is 0 Å². The molecule has 1 aromatic heterocycles. The Hall–Kier alpha value is -2.45. The monoisotopic (exact) mass is 295 g/mol. The molecule has 0 unspecified atom stereocenters. The minimum Gasteiger partial charge on any atom is -0.365 e.